The number of carbonyl (C=O) groups is 3. The molecule has 3 aliphatic carbocycles. The number of phenols is 2. The summed E-state index contributed by atoms with van der Waals surface area (Å²) >= 11 is 6.34. The van der Waals surface area contributed by atoms with Crippen molar-refractivity contribution in [2.24, 2.45) is 5.92 Å². The summed E-state index contributed by atoms with van der Waals surface area (Å²) in [6.07, 6.45) is 10.5. The monoisotopic (exact) mass is 699 g/mol. The molecule has 254 valence electrons. The van der Waals surface area contributed by atoms with E-state index in [-0.39, 0.29) is 46.0 Å². The average molecular weight is 701 g/mol. The van der Waals surface area contributed by atoms with Gasteiger partial charge < -0.3 is 20.8 Å². The molecule has 10 heteroatoms. The maximum absolute atomic E-state index is 13.1. The highest BCUT2D eigenvalue weighted by molar-refractivity contribution is 6.31. The third-order valence-corrected chi connectivity index (χ3v) is 10.1. The van der Waals surface area contributed by atoms with Crippen molar-refractivity contribution < 1.29 is 24.6 Å². The Labute approximate surface area is 296 Å². The van der Waals surface area contributed by atoms with Crippen LogP contribution in [0.5, 0.6) is 11.5 Å². The molecule has 0 aliphatic heterocycles. The first-order valence-electron chi connectivity index (χ1n) is 16.8. The molecule has 1 aromatic heterocycles. The van der Waals surface area contributed by atoms with Gasteiger partial charge in [0.05, 0.1) is 16.6 Å². The van der Waals surface area contributed by atoms with Crippen LogP contribution in [0.25, 0.3) is 10.9 Å². The van der Waals surface area contributed by atoms with Crippen LogP contribution in [-0.4, -0.2) is 45.8 Å². The van der Waals surface area contributed by atoms with E-state index in [1.165, 1.54) is 59.3 Å². The summed E-state index contributed by atoms with van der Waals surface area (Å²) in [6.45, 7) is 3.56. The van der Waals surface area contributed by atoms with Gasteiger partial charge in [0, 0.05) is 57.1 Å². The molecule has 3 aromatic carbocycles. The summed E-state index contributed by atoms with van der Waals surface area (Å²) < 4.78 is 0. The van der Waals surface area contributed by atoms with Crippen molar-refractivity contribution in [1.29, 1.82) is 0 Å². The summed E-state index contributed by atoms with van der Waals surface area (Å²) in [5, 5.41) is 29.2. The Morgan fingerprint density at radius 2 is 1.65 bits per heavy atom. The molecule has 49 heavy (non-hydrogen) atoms. The van der Waals surface area contributed by atoms with Crippen LogP contribution in [0.3, 0.4) is 0 Å². The number of nitrogens with zero attached hydrogens (tertiary/aromatic N) is 1. The molecule has 0 saturated heterocycles. The molecule has 2 unspecified atom stereocenters. The quantitative estimate of drug-likeness (QED) is 0.0853. The van der Waals surface area contributed by atoms with Crippen LogP contribution in [0.1, 0.15) is 111 Å². The number of pyridine rings is 1. The number of ketones is 2. The largest absolute Gasteiger partial charge is 0.507 e. The number of amides is 1. The number of halogens is 2. The number of unbranched alkanes of at least 4 members (excludes halogenated alkanes) is 4. The van der Waals surface area contributed by atoms with Crippen LogP contribution < -0.4 is 10.6 Å². The van der Waals surface area contributed by atoms with Crippen molar-refractivity contribution >= 4 is 58.1 Å². The zero-order valence-electron chi connectivity index (χ0n) is 27.3. The third kappa shape index (κ3) is 6.64. The van der Waals surface area contributed by atoms with E-state index in [1.54, 1.807) is 0 Å². The van der Waals surface area contributed by atoms with E-state index in [4.69, 9.17) is 16.6 Å². The van der Waals surface area contributed by atoms with Gasteiger partial charge in [0.1, 0.15) is 11.5 Å². The minimum absolute atomic E-state index is 0. The molecule has 7 rings (SSSR count). The second-order valence-corrected chi connectivity index (χ2v) is 13.8. The lowest BCUT2D eigenvalue weighted by atomic mass is 9.71. The number of carbonyl (C=O) groups excluding carboxylic acids is 3. The Kier molecular flexibility index (Phi) is 10.00. The summed E-state index contributed by atoms with van der Waals surface area (Å²) in [5.41, 5.74) is 6.00. The number of rotatable bonds is 10. The van der Waals surface area contributed by atoms with Gasteiger partial charge in [-0.1, -0.05) is 54.6 Å². The molecular weight excluding hydrogens is 661 g/mol. The number of aromatic nitrogens is 1. The van der Waals surface area contributed by atoms with E-state index in [1.807, 2.05) is 12.1 Å². The van der Waals surface area contributed by atoms with Crippen LogP contribution >= 0.6 is 24.0 Å². The summed E-state index contributed by atoms with van der Waals surface area (Å²) in [6, 6.07) is 12.8. The first kappa shape index (κ1) is 34.5. The minimum Gasteiger partial charge on any atom is -0.507 e. The van der Waals surface area contributed by atoms with Gasteiger partial charge in [0.15, 0.2) is 5.78 Å². The molecule has 0 saturated carbocycles. The number of hydrogen-bond donors (Lipinski definition) is 4. The van der Waals surface area contributed by atoms with Crippen molar-refractivity contribution in [3.05, 3.63) is 104 Å². The van der Waals surface area contributed by atoms with Crippen molar-refractivity contribution in [3.63, 3.8) is 0 Å². The number of fused-ring (bicyclic) bond motifs is 7. The smallest absolute Gasteiger partial charge is 0.251 e. The highest BCUT2D eigenvalue weighted by Gasteiger charge is 2.35. The lowest BCUT2D eigenvalue weighted by Gasteiger charge is -2.36. The number of anilines is 1. The topological polar surface area (TPSA) is 129 Å². The molecule has 0 spiro atoms. The highest BCUT2D eigenvalue weighted by atomic mass is 35.5. The average Bonchev–Trinajstić information content (AvgIpc) is 3.05. The molecule has 0 fully saturated rings. The van der Waals surface area contributed by atoms with E-state index in [2.05, 4.69) is 29.7 Å². The maximum atomic E-state index is 13.1. The maximum Gasteiger partial charge on any atom is 0.251 e. The number of aromatic hydroxyl groups is 2. The molecule has 1 heterocycles. The van der Waals surface area contributed by atoms with Crippen LogP contribution in [0.2, 0.25) is 5.02 Å². The fraction of sp³-hybridized carbons (Fsp3) is 0.333. The highest BCUT2D eigenvalue weighted by Crippen LogP contribution is 2.47. The normalized spacial score (nSPS) is 17.4. The lowest BCUT2D eigenvalue weighted by molar-refractivity contribution is 0.0948. The van der Waals surface area contributed by atoms with Gasteiger partial charge in [0.2, 0.25) is 5.78 Å². The Morgan fingerprint density at radius 1 is 0.898 bits per heavy atom. The molecule has 4 aromatic rings. The standard InChI is InChI=1S/C39H38ClN3O5.ClH/c1-21-14-22-16-23(15-21)33-30(17-22)43-29-20-25(40)10-11-26(29)36(33)41-12-5-3-2-4-6-13-42-39(48)24-18-28-35(32(45)19-24)38(47)34-27(37(28)46)8-7-9-31(34)44;/h7-11,14,18-20,22-23,44-45H,2-6,12-13,15-17H2,1H3,(H,41,43)(H,42,48);1H. The third-order valence-electron chi connectivity index (χ3n) is 9.91. The molecule has 8 nitrogen and oxygen atoms in total. The lowest BCUT2D eigenvalue weighted by Crippen LogP contribution is -2.26. The molecular formula is C39H39Cl2N3O5. The molecule has 2 atom stereocenters. The Hall–Kier alpha value is -4.40. The Morgan fingerprint density at radius 3 is 2.47 bits per heavy atom. The van der Waals surface area contributed by atoms with Gasteiger partial charge in [0.25, 0.3) is 5.91 Å². The molecule has 1 amide bonds. The van der Waals surface area contributed by atoms with E-state index >= 15 is 0 Å². The fourth-order valence-corrected chi connectivity index (χ4v) is 7.95. The van der Waals surface area contributed by atoms with Crippen LogP contribution in [0.15, 0.2) is 60.2 Å². The van der Waals surface area contributed by atoms with Gasteiger partial charge >= 0.3 is 0 Å². The predicted molar refractivity (Wildman–Crippen MR) is 194 cm³/mol. The van der Waals surface area contributed by atoms with Crippen molar-refractivity contribution in [1.82, 2.24) is 10.3 Å². The van der Waals surface area contributed by atoms with Gasteiger partial charge in [-0.3, -0.25) is 19.4 Å². The summed E-state index contributed by atoms with van der Waals surface area (Å²) in [5.74, 6) is -1.32. The summed E-state index contributed by atoms with van der Waals surface area (Å²) in [7, 11) is 0. The van der Waals surface area contributed by atoms with Gasteiger partial charge in [-0.15, -0.1) is 12.4 Å². The Bertz CT molecular complexity index is 2020. The van der Waals surface area contributed by atoms with E-state index in [0.717, 1.165) is 62.4 Å². The Balaban J connectivity index is 0.00000417. The van der Waals surface area contributed by atoms with Gasteiger partial charge in [-0.2, -0.15) is 0 Å². The second-order valence-electron chi connectivity index (χ2n) is 13.3. The fourth-order valence-electron chi connectivity index (χ4n) is 7.79. The molecule has 0 radical (unpaired) electrons. The van der Waals surface area contributed by atoms with Gasteiger partial charge in [-0.25, -0.2) is 0 Å². The van der Waals surface area contributed by atoms with E-state index < -0.39 is 23.2 Å². The van der Waals surface area contributed by atoms with Crippen molar-refractivity contribution in [2.45, 2.75) is 64.2 Å². The van der Waals surface area contributed by atoms with Gasteiger partial charge in [-0.05, 0) is 87.3 Å². The van der Waals surface area contributed by atoms with Crippen LogP contribution in [0.4, 0.5) is 5.69 Å². The number of phenolic OH excluding ortho intramolecular Hbond substituents is 2. The first-order chi connectivity index (χ1) is 23.2. The summed E-state index contributed by atoms with van der Waals surface area (Å²) in [4.78, 5) is 44.0. The first-order valence-corrected chi connectivity index (χ1v) is 17.2. The second kappa shape index (κ2) is 14.2. The molecule has 3 aliphatic rings. The van der Waals surface area contributed by atoms with Crippen molar-refractivity contribution in [3.8, 4) is 11.5 Å². The molecule has 4 N–H and O–H groups in total. The van der Waals surface area contributed by atoms with Crippen LogP contribution in [-0.2, 0) is 6.42 Å². The number of hydrogen-bond acceptors (Lipinski definition) is 7. The van der Waals surface area contributed by atoms with E-state index in [0.29, 0.717) is 23.4 Å². The minimum atomic E-state index is -0.648. The SMILES string of the molecule is CC1=CC2Cc3nc4cc(Cl)ccc4c(NCCCCCCCNC(=O)c4cc(O)c5c(c4)C(=O)c4cccc(O)c4C5=O)c3C(C1)C2.Cl. The zero-order chi connectivity index (χ0) is 33.5. The number of allylic oxidation sites excluding steroid dienone is 2. The zero-order valence-corrected chi connectivity index (χ0v) is 28.8. The van der Waals surface area contributed by atoms with E-state index in [9.17, 15) is 24.6 Å². The molecule has 2 bridgehead atoms. The number of nitrogens with one attached hydrogen (secondary N) is 2. The predicted octanol–water partition coefficient (Wildman–Crippen LogP) is 8.29. The van der Waals surface area contributed by atoms with Crippen molar-refractivity contribution in [2.75, 3.05) is 18.4 Å². The number of benzene rings is 3. The van der Waals surface area contributed by atoms with Crippen LogP contribution in [0, 0.1) is 5.92 Å².